The van der Waals surface area contributed by atoms with E-state index in [1.807, 2.05) is 11.3 Å². The van der Waals surface area contributed by atoms with Gasteiger partial charge in [-0.2, -0.15) is 0 Å². The molecule has 0 aromatic carbocycles. The Hall–Kier alpha value is -0.450. The maximum Gasteiger partial charge on any atom is 0.110 e. The molecule has 1 aromatic heterocycles. The van der Waals surface area contributed by atoms with Crippen LogP contribution >= 0.6 is 11.3 Å². The zero-order valence-corrected chi connectivity index (χ0v) is 9.94. The summed E-state index contributed by atoms with van der Waals surface area (Å²) in [4.78, 5) is 8.59. The average molecular weight is 223 g/mol. The van der Waals surface area contributed by atoms with Gasteiger partial charge in [0.25, 0.3) is 0 Å². The summed E-state index contributed by atoms with van der Waals surface area (Å²) in [5.74, 6) is 0. The summed E-state index contributed by atoms with van der Waals surface area (Å²) in [5, 5.41) is 4.90. The van der Waals surface area contributed by atoms with Gasteiger partial charge in [0.2, 0.25) is 0 Å². The van der Waals surface area contributed by atoms with E-state index in [2.05, 4.69) is 17.3 Å². The Balaban J connectivity index is 1.79. The second-order valence-electron chi connectivity index (χ2n) is 4.60. The van der Waals surface area contributed by atoms with Gasteiger partial charge in [-0.15, -0.1) is 11.3 Å². The van der Waals surface area contributed by atoms with E-state index >= 15 is 0 Å². The highest BCUT2D eigenvalue weighted by Crippen LogP contribution is 2.32. The van der Waals surface area contributed by atoms with Crippen LogP contribution in [0, 0.1) is 0 Å². The van der Waals surface area contributed by atoms with Crippen molar-refractivity contribution in [3.05, 3.63) is 15.6 Å². The Morgan fingerprint density at radius 1 is 1.40 bits per heavy atom. The molecule has 0 saturated carbocycles. The van der Waals surface area contributed by atoms with Crippen molar-refractivity contribution in [3.63, 3.8) is 0 Å². The van der Waals surface area contributed by atoms with Crippen molar-refractivity contribution in [2.45, 2.75) is 38.4 Å². The third-order valence-electron chi connectivity index (χ3n) is 3.24. The Morgan fingerprint density at radius 2 is 2.33 bits per heavy atom. The Morgan fingerprint density at radius 3 is 3.07 bits per heavy atom. The molecular weight excluding hydrogens is 206 g/mol. The molecule has 0 radical (unpaired) electrons. The average Bonchev–Trinajstić information content (AvgIpc) is 2.76. The first-order valence-corrected chi connectivity index (χ1v) is 6.55. The third kappa shape index (κ3) is 1.82. The minimum absolute atomic E-state index is 0.541. The molecular formula is C11H17N3S. The number of hydrogen-bond donors (Lipinski definition) is 1. The van der Waals surface area contributed by atoms with Crippen molar-refractivity contribution in [1.82, 2.24) is 15.2 Å². The van der Waals surface area contributed by atoms with Gasteiger partial charge in [0.15, 0.2) is 0 Å². The second kappa shape index (κ2) is 3.85. The van der Waals surface area contributed by atoms with Crippen LogP contribution in [-0.4, -0.2) is 23.5 Å². The molecule has 0 aliphatic carbocycles. The molecule has 2 aliphatic rings. The molecule has 1 unspecified atom stereocenters. The van der Waals surface area contributed by atoms with Crippen LogP contribution in [0.4, 0.5) is 0 Å². The number of rotatable bonds is 1. The first-order valence-electron chi connectivity index (χ1n) is 5.73. The minimum atomic E-state index is 0.541. The summed E-state index contributed by atoms with van der Waals surface area (Å²) in [5.41, 5.74) is 1.32. The summed E-state index contributed by atoms with van der Waals surface area (Å²) < 4.78 is 0. The van der Waals surface area contributed by atoms with E-state index in [0.29, 0.717) is 6.04 Å². The lowest BCUT2D eigenvalue weighted by molar-refractivity contribution is 0.350. The summed E-state index contributed by atoms with van der Waals surface area (Å²) in [6, 6.07) is 0.541. The van der Waals surface area contributed by atoms with E-state index in [1.54, 1.807) is 0 Å². The van der Waals surface area contributed by atoms with Crippen LogP contribution in [0.3, 0.4) is 0 Å². The molecule has 2 aliphatic heterocycles. The predicted octanol–water partition coefficient (Wildman–Crippen LogP) is 1.90. The molecule has 3 nitrogen and oxygen atoms in total. The van der Waals surface area contributed by atoms with Crippen molar-refractivity contribution in [1.29, 1.82) is 0 Å². The normalized spacial score (nSPS) is 26.9. The zero-order valence-electron chi connectivity index (χ0n) is 9.12. The molecule has 0 spiro atoms. The highest BCUT2D eigenvalue weighted by molar-refractivity contribution is 7.11. The summed E-state index contributed by atoms with van der Waals surface area (Å²) in [6.45, 7) is 3.30. The van der Waals surface area contributed by atoms with Crippen LogP contribution in [0.15, 0.2) is 0 Å². The highest BCUT2D eigenvalue weighted by Gasteiger charge is 2.24. The van der Waals surface area contributed by atoms with Crippen LogP contribution in [0.25, 0.3) is 0 Å². The fourth-order valence-corrected chi connectivity index (χ4v) is 3.68. The van der Waals surface area contributed by atoms with Gasteiger partial charge in [-0.05, 0) is 26.4 Å². The largest absolute Gasteiger partial charge is 0.308 e. The van der Waals surface area contributed by atoms with Crippen molar-refractivity contribution in [3.8, 4) is 0 Å². The predicted molar refractivity (Wildman–Crippen MR) is 61.9 cm³/mol. The zero-order chi connectivity index (χ0) is 10.3. The topological polar surface area (TPSA) is 28.2 Å². The van der Waals surface area contributed by atoms with E-state index in [9.17, 15) is 0 Å². The van der Waals surface area contributed by atoms with Crippen molar-refractivity contribution < 1.29 is 0 Å². The molecule has 82 valence electrons. The van der Waals surface area contributed by atoms with Gasteiger partial charge in [0, 0.05) is 18.0 Å². The van der Waals surface area contributed by atoms with Crippen molar-refractivity contribution in [2.75, 3.05) is 13.6 Å². The van der Waals surface area contributed by atoms with Crippen LogP contribution in [0.5, 0.6) is 0 Å². The van der Waals surface area contributed by atoms with Crippen LogP contribution in [0.2, 0.25) is 0 Å². The fourth-order valence-electron chi connectivity index (χ4n) is 2.42. The summed E-state index contributed by atoms with van der Waals surface area (Å²) in [7, 11) is 2.16. The van der Waals surface area contributed by atoms with Gasteiger partial charge in [-0.25, -0.2) is 4.98 Å². The van der Waals surface area contributed by atoms with Gasteiger partial charge >= 0.3 is 0 Å². The molecule has 15 heavy (non-hydrogen) atoms. The second-order valence-corrected chi connectivity index (χ2v) is 5.71. The number of hydrogen-bond acceptors (Lipinski definition) is 4. The SMILES string of the molecule is CN1Cc2nc(C3CCCCN3)sc2C1. The molecule has 1 aromatic rings. The van der Waals surface area contributed by atoms with E-state index in [1.165, 1.54) is 34.8 Å². The first kappa shape index (κ1) is 9.75. The van der Waals surface area contributed by atoms with E-state index in [0.717, 1.165) is 19.6 Å². The maximum absolute atomic E-state index is 4.78. The number of fused-ring (bicyclic) bond motifs is 1. The molecule has 1 atom stereocenters. The summed E-state index contributed by atoms with van der Waals surface area (Å²) >= 11 is 1.92. The number of aromatic nitrogens is 1. The van der Waals surface area contributed by atoms with E-state index in [4.69, 9.17) is 4.98 Å². The lowest BCUT2D eigenvalue weighted by Crippen LogP contribution is -2.26. The first-order chi connectivity index (χ1) is 7.33. The Bertz CT molecular complexity index is 331. The van der Waals surface area contributed by atoms with Gasteiger partial charge in [-0.3, -0.25) is 4.90 Å². The van der Waals surface area contributed by atoms with Crippen LogP contribution < -0.4 is 5.32 Å². The van der Waals surface area contributed by atoms with Gasteiger partial charge < -0.3 is 5.32 Å². The van der Waals surface area contributed by atoms with Gasteiger partial charge in [0.1, 0.15) is 5.01 Å². The number of nitrogens with one attached hydrogen (secondary N) is 1. The quantitative estimate of drug-likeness (QED) is 0.788. The maximum atomic E-state index is 4.78. The Kier molecular flexibility index (Phi) is 2.50. The molecule has 1 fully saturated rings. The lowest BCUT2D eigenvalue weighted by atomic mass is 10.1. The monoisotopic (exact) mass is 223 g/mol. The third-order valence-corrected chi connectivity index (χ3v) is 4.43. The molecule has 1 N–H and O–H groups in total. The van der Waals surface area contributed by atoms with Crippen molar-refractivity contribution >= 4 is 11.3 Å². The number of piperidine rings is 1. The standard InChI is InChI=1S/C11H17N3S/c1-14-6-9-10(7-14)15-11(13-9)8-4-2-3-5-12-8/h8,12H,2-7H2,1H3. The molecule has 4 heteroatoms. The lowest BCUT2D eigenvalue weighted by Gasteiger charge is -2.21. The molecule has 3 heterocycles. The molecule has 0 amide bonds. The van der Waals surface area contributed by atoms with Gasteiger partial charge in [-0.1, -0.05) is 6.42 Å². The highest BCUT2D eigenvalue weighted by atomic mass is 32.1. The smallest absolute Gasteiger partial charge is 0.110 e. The minimum Gasteiger partial charge on any atom is -0.308 e. The summed E-state index contributed by atoms with van der Waals surface area (Å²) in [6.07, 6.45) is 3.94. The number of nitrogens with zero attached hydrogens (tertiary/aromatic N) is 2. The molecule has 3 rings (SSSR count). The molecule has 1 saturated heterocycles. The van der Waals surface area contributed by atoms with E-state index < -0.39 is 0 Å². The van der Waals surface area contributed by atoms with E-state index in [-0.39, 0.29) is 0 Å². The van der Waals surface area contributed by atoms with Crippen molar-refractivity contribution in [2.24, 2.45) is 0 Å². The Labute approximate surface area is 94.5 Å². The number of thiazole rings is 1. The van der Waals surface area contributed by atoms with Crippen LogP contribution in [-0.2, 0) is 13.1 Å². The van der Waals surface area contributed by atoms with Gasteiger partial charge in [0.05, 0.1) is 11.7 Å². The fraction of sp³-hybridized carbons (Fsp3) is 0.727. The molecule has 0 bridgehead atoms. The van der Waals surface area contributed by atoms with Crippen LogP contribution in [0.1, 0.15) is 40.9 Å².